The molecule has 1 N–H and O–H groups in total. The van der Waals surface area contributed by atoms with Gasteiger partial charge in [-0.3, -0.25) is 0 Å². The summed E-state index contributed by atoms with van der Waals surface area (Å²) in [6.07, 6.45) is 0. The summed E-state index contributed by atoms with van der Waals surface area (Å²) in [7, 11) is 0. The first-order valence-corrected chi connectivity index (χ1v) is 10.0. The van der Waals surface area contributed by atoms with E-state index in [1.165, 1.54) is 18.2 Å². The van der Waals surface area contributed by atoms with E-state index in [0.717, 1.165) is 21.9 Å². The van der Waals surface area contributed by atoms with Gasteiger partial charge in [-0.2, -0.15) is 0 Å². The molecular formula is C25H20ClF2NO. The standard InChI is InChI=1S/C25H20ClF2NO/c26-23-6-3-7-24(28)22(23)16-30-25-13-10-18-4-1-2-5-20(18)21(25)15-29-14-17-8-11-19(27)12-9-17/h1-13,29H,14-16H2. The number of hydrogen-bond acceptors (Lipinski definition) is 2. The van der Waals surface area contributed by atoms with E-state index in [2.05, 4.69) is 5.32 Å². The van der Waals surface area contributed by atoms with E-state index >= 15 is 0 Å². The maximum atomic E-state index is 14.1. The topological polar surface area (TPSA) is 21.3 Å². The maximum Gasteiger partial charge on any atom is 0.131 e. The molecular weight excluding hydrogens is 404 g/mol. The van der Waals surface area contributed by atoms with E-state index in [4.69, 9.17) is 16.3 Å². The van der Waals surface area contributed by atoms with Crippen LogP contribution in [0.4, 0.5) is 8.78 Å². The molecule has 0 aliphatic heterocycles. The molecule has 30 heavy (non-hydrogen) atoms. The van der Waals surface area contributed by atoms with Crippen LogP contribution in [0.3, 0.4) is 0 Å². The van der Waals surface area contributed by atoms with Gasteiger partial charge in [0.25, 0.3) is 0 Å². The molecule has 0 aliphatic rings. The van der Waals surface area contributed by atoms with Gasteiger partial charge in [0.2, 0.25) is 0 Å². The molecule has 0 aliphatic carbocycles. The van der Waals surface area contributed by atoms with E-state index in [1.54, 1.807) is 24.3 Å². The van der Waals surface area contributed by atoms with Gasteiger partial charge >= 0.3 is 0 Å². The van der Waals surface area contributed by atoms with Crippen LogP contribution < -0.4 is 10.1 Å². The Hall–Kier alpha value is -2.95. The molecule has 4 aromatic rings. The van der Waals surface area contributed by atoms with Gasteiger partial charge in [-0.1, -0.05) is 60.1 Å². The van der Waals surface area contributed by atoms with E-state index in [0.29, 0.717) is 29.4 Å². The first-order valence-electron chi connectivity index (χ1n) is 9.63. The summed E-state index contributed by atoms with van der Waals surface area (Å²) in [5.74, 6) is 0.0224. The molecule has 4 aromatic carbocycles. The van der Waals surface area contributed by atoms with E-state index in [9.17, 15) is 8.78 Å². The lowest BCUT2D eigenvalue weighted by Gasteiger charge is -2.16. The van der Waals surface area contributed by atoms with Crippen LogP contribution in [0.25, 0.3) is 10.8 Å². The Balaban J connectivity index is 1.57. The fourth-order valence-electron chi connectivity index (χ4n) is 3.39. The lowest BCUT2D eigenvalue weighted by atomic mass is 10.0. The van der Waals surface area contributed by atoms with Crippen molar-refractivity contribution in [3.8, 4) is 5.75 Å². The summed E-state index contributed by atoms with van der Waals surface area (Å²) in [6.45, 7) is 1.16. The highest BCUT2D eigenvalue weighted by Crippen LogP contribution is 2.30. The van der Waals surface area contributed by atoms with Crippen molar-refractivity contribution in [3.05, 3.63) is 112 Å². The number of fused-ring (bicyclic) bond motifs is 1. The minimum atomic E-state index is -0.390. The highest BCUT2D eigenvalue weighted by Gasteiger charge is 2.12. The largest absolute Gasteiger partial charge is 0.488 e. The van der Waals surface area contributed by atoms with Gasteiger partial charge in [0.05, 0.1) is 5.02 Å². The molecule has 0 radical (unpaired) electrons. The van der Waals surface area contributed by atoms with Crippen molar-refractivity contribution in [2.24, 2.45) is 0 Å². The van der Waals surface area contributed by atoms with Crippen molar-refractivity contribution in [3.63, 3.8) is 0 Å². The minimum absolute atomic E-state index is 0.0365. The van der Waals surface area contributed by atoms with Gasteiger partial charge in [0.15, 0.2) is 0 Å². The number of ether oxygens (including phenoxy) is 1. The van der Waals surface area contributed by atoms with Gasteiger partial charge in [0.1, 0.15) is 24.0 Å². The lowest BCUT2D eigenvalue weighted by molar-refractivity contribution is 0.296. The van der Waals surface area contributed by atoms with Crippen molar-refractivity contribution in [1.82, 2.24) is 5.32 Å². The zero-order valence-corrected chi connectivity index (χ0v) is 16.9. The minimum Gasteiger partial charge on any atom is -0.488 e. The van der Waals surface area contributed by atoms with Crippen LogP contribution in [0, 0.1) is 11.6 Å². The maximum absolute atomic E-state index is 14.1. The van der Waals surface area contributed by atoms with Crippen LogP contribution in [0.2, 0.25) is 5.02 Å². The fraction of sp³-hybridized carbons (Fsp3) is 0.120. The molecule has 2 nitrogen and oxygen atoms in total. The van der Waals surface area contributed by atoms with Crippen molar-refractivity contribution in [2.75, 3.05) is 0 Å². The fourth-order valence-corrected chi connectivity index (χ4v) is 3.61. The normalized spacial score (nSPS) is 11.0. The zero-order valence-electron chi connectivity index (χ0n) is 16.2. The van der Waals surface area contributed by atoms with Crippen molar-refractivity contribution in [2.45, 2.75) is 19.7 Å². The Morgan fingerprint density at radius 1 is 0.767 bits per heavy atom. The Bertz CT molecular complexity index is 1140. The quantitative estimate of drug-likeness (QED) is 0.359. The Kier molecular flexibility index (Phi) is 6.26. The summed E-state index contributed by atoms with van der Waals surface area (Å²) >= 11 is 6.13. The summed E-state index contributed by atoms with van der Waals surface area (Å²) < 4.78 is 33.2. The average Bonchev–Trinajstić information content (AvgIpc) is 2.75. The van der Waals surface area contributed by atoms with Crippen LogP contribution in [-0.4, -0.2) is 0 Å². The molecule has 0 aromatic heterocycles. The number of hydrogen-bond donors (Lipinski definition) is 1. The molecule has 152 valence electrons. The van der Waals surface area contributed by atoms with Gasteiger partial charge < -0.3 is 10.1 Å². The summed E-state index contributed by atoms with van der Waals surface area (Å²) in [5, 5.41) is 5.87. The van der Waals surface area contributed by atoms with Gasteiger partial charge in [0, 0.05) is 24.2 Å². The number of nitrogens with one attached hydrogen (secondary N) is 1. The second-order valence-electron chi connectivity index (χ2n) is 6.98. The SMILES string of the molecule is Fc1ccc(CNCc2c(OCc3c(F)cccc3Cl)ccc3ccccc23)cc1. The predicted molar refractivity (Wildman–Crippen MR) is 117 cm³/mol. The summed E-state index contributed by atoms with van der Waals surface area (Å²) in [6, 6.07) is 22.9. The van der Waals surface area contributed by atoms with E-state index in [-0.39, 0.29) is 18.2 Å². The second kappa shape index (κ2) is 9.24. The third kappa shape index (κ3) is 4.61. The number of benzene rings is 4. The molecule has 0 amide bonds. The van der Waals surface area contributed by atoms with Crippen LogP contribution in [-0.2, 0) is 19.7 Å². The van der Waals surface area contributed by atoms with Crippen molar-refractivity contribution < 1.29 is 13.5 Å². The first kappa shape index (κ1) is 20.3. The van der Waals surface area contributed by atoms with Gasteiger partial charge in [-0.25, -0.2) is 8.78 Å². The Labute approximate surface area is 179 Å². The molecule has 0 saturated carbocycles. The number of halogens is 3. The van der Waals surface area contributed by atoms with Crippen molar-refractivity contribution >= 4 is 22.4 Å². The Morgan fingerprint density at radius 2 is 1.57 bits per heavy atom. The summed E-state index contributed by atoms with van der Waals surface area (Å²) in [4.78, 5) is 0. The molecule has 0 atom stereocenters. The molecule has 0 spiro atoms. The van der Waals surface area contributed by atoms with Crippen LogP contribution >= 0.6 is 11.6 Å². The third-order valence-corrected chi connectivity index (χ3v) is 5.33. The second-order valence-corrected chi connectivity index (χ2v) is 7.39. The molecule has 0 bridgehead atoms. The van der Waals surface area contributed by atoms with Crippen LogP contribution in [0.15, 0.2) is 78.9 Å². The van der Waals surface area contributed by atoms with Gasteiger partial charge in [-0.15, -0.1) is 0 Å². The zero-order chi connectivity index (χ0) is 20.9. The third-order valence-electron chi connectivity index (χ3n) is 4.98. The van der Waals surface area contributed by atoms with E-state index in [1.807, 2.05) is 36.4 Å². The van der Waals surface area contributed by atoms with Crippen LogP contribution in [0.1, 0.15) is 16.7 Å². The highest BCUT2D eigenvalue weighted by molar-refractivity contribution is 6.31. The van der Waals surface area contributed by atoms with Gasteiger partial charge in [-0.05, 0) is 46.7 Å². The molecule has 0 unspecified atom stereocenters. The average molecular weight is 424 g/mol. The molecule has 0 fully saturated rings. The lowest BCUT2D eigenvalue weighted by Crippen LogP contribution is -2.14. The highest BCUT2D eigenvalue weighted by atomic mass is 35.5. The van der Waals surface area contributed by atoms with Crippen LogP contribution in [0.5, 0.6) is 5.75 Å². The smallest absolute Gasteiger partial charge is 0.131 e. The Morgan fingerprint density at radius 3 is 2.37 bits per heavy atom. The molecule has 0 heterocycles. The predicted octanol–water partition coefficient (Wildman–Crippen LogP) is 6.64. The molecule has 0 saturated heterocycles. The monoisotopic (exact) mass is 423 g/mol. The van der Waals surface area contributed by atoms with E-state index < -0.39 is 0 Å². The first-order chi connectivity index (χ1) is 14.6. The number of rotatable bonds is 7. The van der Waals surface area contributed by atoms with Crippen molar-refractivity contribution in [1.29, 1.82) is 0 Å². The molecule has 5 heteroatoms. The molecule has 4 rings (SSSR count). The summed E-state index contributed by atoms with van der Waals surface area (Å²) in [5.41, 5.74) is 2.29.